The highest BCUT2D eigenvalue weighted by Gasteiger charge is 2.75. The summed E-state index contributed by atoms with van der Waals surface area (Å²) >= 11 is 0. The Morgan fingerprint density at radius 3 is 1.22 bits per heavy atom. The van der Waals surface area contributed by atoms with Crippen molar-refractivity contribution in [3.05, 3.63) is 185 Å². The number of nitrogens with zero attached hydrogens (tertiary/aromatic N) is 1. The van der Waals surface area contributed by atoms with Crippen LogP contribution in [0.3, 0.4) is 0 Å². The molecule has 58 heavy (non-hydrogen) atoms. The van der Waals surface area contributed by atoms with Crippen LogP contribution in [0.4, 0.5) is 5.69 Å². The lowest BCUT2D eigenvalue weighted by Gasteiger charge is -2.61. The predicted octanol–water partition coefficient (Wildman–Crippen LogP) is 8.90. The zero-order valence-corrected chi connectivity index (χ0v) is 32.7. The van der Waals surface area contributed by atoms with Crippen LogP contribution in [0, 0.1) is 10.8 Å². The van der Waals surface area contributed by atoms with Crippen molar-refractivity contribution >= 4 is 29.6 Å². The van der Waals surface area contributed by atoms with Crippen LogP contribution < -0.4 is 4.90 Å². The van der Waals surface area contributed by atoms with Crippen LogP contribution in [-0.2, 0) is 38.1 Å². The van der Waals surface area contributed by atoms with Crippen LogP contribution in [0.25, 0.3) is 0 Å². The van der Waals surface area contributed by atoms with Gasteiger partial charge in [-0.1, -0.05) is 140 Å². The molecule has 4 atom stereocenters. The first-order valence-corrected chi connectivity index (χ1v) is 19.6. The third kappa shape index (κ3) is 5.51. The van der Waals surface area contributed by atoms with Gasteiger partial charge in [0, 0.05) is 56.8 Å². The Labute approximate surface area is 337 Å². The summed E-state index contributed by atoms with van der Waals surface area (Å²) in [6.45, 7) is 6.15. The number of esters is 4. The van der Waals surface area contributed by atoms with Gasteiger partial charge in [-0.2, -0.15) is 0 Å². The van der Waals surface area contributed by atoms with E-state index in [1.54, 1.807) is 0 Å². The van der Waals surface area contributed by atoms with Crippen molar-refractivity contribution in [1.82, 2.24) is 0 Å². The van der Waals surface area contributed by atoms with E-state index in [4.69, 9.17) is 18.9 Å². The standard InChI is InChI=1S/C49H43NO8/c1-46(2)55-42(51)48(43(52)56-46)36(31-20-10-5-11-21-31)30-37-38(39(48)32-22-12-6-13-23-32)40(33-24-14-7-15-25-33)49(44(53)57-47(3,4)58-45(49)54)41(34-26-16-8-17-27-34)50(37)35-28-18-9-19-29-35/h5-29,36,39-41H,30H2,1-4H3. The van der Waals surface area contributed by atoms with E-state index in [0.717, 1.165) is 11.3 Å². The first-order chi connectivity index (χ1) is 27.9. The fraction of sp³-hybridized carbons (Fsp3) is 0.265. The number of carbonyl (C=O) groups excluding carboxylic acids is 4. The Kier molecular flexibility index (Phi) is 8.69. The molecule has 5 aromatic rings. The number of para-hydroxylation sites is 1. The number of carbonyl (C=O) groups is 4. The summed E-state index contributed by atoms with van der Waals surface area (Å²) in [5, 5.41) is 0. The van der Waals surface area contributed by atoms with Gasteiger partial charge in [0.05, 0.1) is 6.04 Å². The molecule has 9 nitrogen and oxygen atoms in total. The van der Waals surface area contributed by atoms with E-state index >= 15 is 19.2 Å². The van der Waals surface area contributed by atoms with Crippen LogP contribution in [0.5, 0.6) is 0 Å². The van der Waals surface area contributed by atoms with Crippen molar-refractivity contribution < 1.29 is 38.1 Å². The minimum Gasteiger partial charge on any atom is -0.422 e. The van der Waals surface area contributed by atoms with Crippen molar-refractivity contribution in [3.8, 4) is 0 Å². The van der Waals surface area contributed by atoms with Crippen LogP contribution in [0.1, 0.15) is 80.2 Å². The number of rotatable bonds is 5. The monoisotopic (exact) mass is 773 g/mol. The molecule has 3 aliphatic heterocycles. The second-order valence-electron chi connectivity index (χ2n) is 16.4. The maximum Gasteiger partial charge on any atom is 0.330 e. The van der Waals surface area contributed by atoms with Gasteiger partial charge in [-0.05, 0) is 46.4 Å². The van der Waals surface area contributed by atoms with Crippen molar-refractivity contribution in [1.29, 1.82) is 0 Å². The van der Waals surface area contributed by atoms with Gasteiger partial charge in [-0.15, -0.1) is 0 Å². The van der Waals surface area contributed by atoms with Crippen molar-refractivity contribution in [3.63, 3.8) is 0 Å². The van der Waals surface area contributed by atoms with Gasteiger partial charge in [0.15, 0.2) is 10.8 Å². The average Bonchev–Trinajstić information content (AvgIpc) is 3.21. The van der Waals surface area contributed by atoms with Crippen LogP contribution in [0.2, 0.25) is 0 Å². The molecule has 9 rings (SSSR count). The number of ether oxygens (including phenoxy) is 4. The Balaban J connectivity index is 1.50. The Morgan fingerprint density at radius 2 is 0.793 bits per heavy atom. The van der Waals surface area contributed by atoms with Crippen LogP contribution >= 0.6 is 0 Å². The number of benzene rings is 5. The van der Waals surface area contributed by atoms with Gasteiger partial charge in [-0.3, -0.25) is 19.2 Å². The van der Waals surface area contributed by atoms with Crippen molar-refractivity contribution in [2.24, 2.45) is 10.8 Å². The maximum absolute atomic E-state index is 15.6. The molecular formula is C49H43NO8. The Hall–Kier alpha value is -6.48. The number of hydrogen-bond acceptors (Lipinski definition) is 9. The van der Waals surface area contributed by atoms with E-state index in [1.165, 1.54) is 27.7 Å². The molecule has 0 bridgehead atoms. The molecule has 9 heteroatoms. The molecule has 1 aliphatic carbocycles. The summed E-state index contributed by atoms with van der Waals surface area (Å²) < 4.78 is 24.8. The molecule has 292 valence electrons. The molecule has 2 spiro atoms. The average molecular weight is 774 g/mol. The van der Waals surface area contributed by atoms with E-state index in [-0.39, 0.29) is 6.42 Å². The molecule has 2 fully saturated rings. The number of anilines is 1. The van der Waals surface area contributed by atoms with Crippen LogP contribution in [0.15, 0.2) is 163 Å². The highest BCUT2D eigenvalue weighted by Crippen LogP contribution is 2.70. The summed E-state index contributed by atoms with van der Waals surface area (Å²) in [5.74, 6) is -9.30. The number of hydrogen-bond donors (Lipinski definition) is 0. The molecule has 0 amide bonds. The smallest absolute Gasteiger partial charge is 0.330 e. The highest BCUT2D eigenvalue weighted by atomic mass is 16.8. The van der Waals surface area contributed by atoms with E-state index in [9.17, 15) is 0 Å². The summed E-state index contributed by atoms with van der Waals surface area (Å²) in [6.07, 6.45) is 0.126. The molecule has 0 radical (unpaired) electrons. The van der Waals surface area contributed by atoms with Gasteiger partial charge >= 0.3 is 23.9 Å². The topological polar surface area (TPSA) is 108 Å². The van der Waals surface area contributed by atoms with E-state index in [2.05, 4.69) is 0 Å². The first kappa shape index (κ1) is 37.1. The molecule has 5 aromatic carbocycles. The SMILES string of the molecule is CC1(C)OC(=O)C2(C(=O)O1)C(c1ccccc1)CC1=C(C2c2ccccc2)C(c2ccccc2)C2(C(=O)OC(C)(C)OC2=O)C(c2ccccc2)N1c1ccccc1. The molecule has 3 heterocycles. The first-order valence-electron chi connectivity index (χ1n) is 19.6. The number of cyclic esters (lactones) is 4. The Bertz CT molecular complexity index is 2350. The fourth-order valence-electron chi connectivity index (χ4n) is 10.0. The summed E-state index contributed by atoms with van der Waals surface area (Å²) in [6, 6.07) is 46.1. The lowest BCUT2D eigenvalue weighted by atomic mass is 9.48. The molecule has 4 unspecified atom stereocenters. The van der Waals surface area contributed by atoms with Gasteiger partial charge < -0.3 is 23.8 Å². The van der Waals surface area contributed by atoms with Gasteiger partial charge in [0.25, 0.3) is 11.6 Å². The molecule has 0 N–H and O–H groups in total. The minimum absolute atomic E-state index is 0.126. The third-order valence-electron chi connectivity index (χ3n) is 12.1. The van der Waals surface area contributed by atoms with Gasteiger partial charge in [0.1, 0.15) is 0 Å². The Morgan fingerprint density at radius 1 is 0.448 bits per heavy atom. The quantitative estimate of drug-likeness (QED) is 0.128. The lowest BCUT2D eigenvalue weighted by molar-refractivity contribution is -0.256. The zero-order valence-electron chi connectivity index (χ0n) is 32.7. The predicted molar refractivity (Wildman–Crippen MR) is 215 cm³/mol. The second-order valence-corrected chi connectivity index (χ2v) is 16.4. The maximum atomic E-state index is 15.6. The van der Waals surface area contributed by atoms with Crippen molar-refractivity contribution in [2.45, 2.75) is 69.5 Å². The molecular weight excluding hydrogens is 731 g/mol. The summed E-state index contributed by atoms with van der Waals surface area (Å²) in [7, 11) is 0. The summed E-state index contributed by atoms with van der Waals surface area (Å²) in [5.41, 5.74) is 0.392. The molecule has 0 aromatic heterocycles. The minimum atomic E-state index is -2.12. The van der Waals surface area contributed by atoms with E-state index < -0.39 is 70.1 Å². The fourth-order valence-corrected chi connectivity index (χ4v) is 10.0. The normalized spacial score (nSPS) is 25.3. The van der Waals surface area contributed by atoms with Gasteiger partial charge in [-0.25, -0.2) is 0 Å². The van der Waals surface area contributed by atoms with Crippen molar-refractivity contribution in [2.75, 3.05) is 4.90 Å². The lowest BCUT2D eigenvalue weighted by Crippen LogP contribution is -2.67. The third-order valence-corrected chi connectivity index (χ3v) is 12.1. The number of allylic oxidation sites excluding steroid dienone is 2. The largest absolute Gasteiger partial charge is 0.422 e. The molecule has 2 saturated heterocycles. The van der Waals surface area contributed by atoms with Crippen LogP contribution in [-0.4, -0.2) is 35.5 Å². The van der Waals surface area contributed by atoms with E-state index in [1.807, 2.05) is 157 Å². The van der Waals surface area contributed by atoms with E-state index in [0.29, 0.717) is 28.0 Å². The summed E-state index contributed by atoms with van der Waals surface area (Å²) in [4.78, 5) is 63.9. The zero-order chi connectivity index (χ0) is 40.5. The molecule has 4 aliphatic rings. The van der Waals surface area contributed by atoms with Gasteiger partial charge in [0.2, 0.25) is 0 Å². The molecule has 0 saturated carbocycles. The second kappa shape index (κ2) is 13.6. The highest BCUT2D eigenvalue weighted by molar-refractivity contribution is 6.08.